The van der Waals surface area contributed by atoms with Gasteiger partial charge in [0.25, 0.3) is 0 Å². The summed E-state index contributed by atoms with van der Waals surface area (Å²) in [5.74, 6) is 0.833. The number of benzene rings is 1. The molecule has 1 aromatic rings. The van der Waals surface area contributed by atoms with Crippen molar-refractivity contribution in [1.82, 2.24) is 0 Å². The first-order valence-corrected chi connectivity index (χ1v) is 8.62. The number of thioether (sulfide) groups is 1. The maximum absolute atomic E-state index is 12.3. The van der Waals surface area contributed by atoms with Crippen LogP contribution in [0, 0.1) is 5.92 Å². The van der Waals surface area contributed by atoms with Crippen molar-refractivity contribution in [3.05, 3.63) is 35.9 Å². The summed E-state index contributed by atoms with van der Waals surface area (Å²) in [6, 6.07) is 10.4. The van der Waals surface area contributed by atoms with Crippen molar-refractivity contribution in [2.75, 3.05) is 12.9 Å². The van der Waals surface area contributed by atoms with Crippen molar-refractivity contribution in [3.63, 3.8) is 0 Å². The lowest BCUT2D eigenvalue weighted by Gasteiger charge is -2.35. The van der Waals surface area contributed by atoms with Gasteiger partial charge in [-0.15, -0.1) is 0 Å². The minimum atomic E-state index is -0.165. The first kappa shape index (κ1) is 16.5. The third-order valence-electron chi connectivity index (χ3n) is 3.90. The van der Waals surface area contributed by atoms with Crippen LogP contribution in [-0.2, 0) is 20.7 Å². The zero-order valence-electron chi connectivity index (χ0n) is 12.8. The molecule has 1 unspecified atom stereocenters. The van der Waals surface area contributed by atoms with Crippen LogP contribution in [0.1, 0.15) is 31.7 Å². The number of hydrogen-bond donors (Lipinski definition) is 0. The molecule has 1 heterocycles. The maximum Gasteiger partial charge on any atom is 0.194 e. The lowest BCUT2D eigenvalue weighted by molar-refractivity contribution is -0.197. The molecule has 0 N–H and O–H groups in total. The Morgan fingerprint density at radius 2 is 2.10 bits per heavy atom. The second kappa shape index (κ2) is 8.57. The Hall–Kier alpha value is -0.840. The Kier molecular flexibility index (Phi) is 6.74. The topological polar surface area (TPSA) is 35.5 Å². The van der Waals surface area contributed by atoms with Gasteiger partial charge in [0, 0.05) is 7.11 Å². The highest BCUT2D eigenvalue weighted by molar-refractivity contribution is 8.13. The summed E-state index contributed by atoms with van der Waals surface area (Å²) in [5, 5.41) is 0.269. The number of ether oxygens (including phenoxy) is 2. The molecule has 0 saturated carbocycles. The summed E-state index contributed by atoms with van der Waals surface area (Å²) in [6.45, 7) is 2.02. The second-order valence-electron chi connectivity index (χ2n) is 5.30. The van der Waals surface area contributed by atoms with Crippen molar-refractivity contribution in [3.8, 4) is 0 Å². The normalized spacial score (nSPS) is 25.7. The van der Waals surface area contributed by atoms with E-state index in [0.29, 0.717) is 0 Å². The molecule has 2 rings (SSSR count). The van der Waals surface area contributed by atoms with E-state index in [4.69, 9.17) is 9.47 Å². The van der Waals surface area contributed by atoms with E-state index < -0.39 is 0 Å². The lowest BCUT2D eigenvalue weighted by Crippen LogP contribution is -2.39. The van der Waals surface area contributed by atoms with E-state index in [9.17, 15) is 4.79 Å². The monoisotopic (exact) mass is 308 g/mol. The fraction of sp³-hybridized carbons (Fsp3) is 0.588. The van der Waals surface area contributed by atoms with Crippen LogP contribution in [0.2, 0.25) is 0 Å². The summed E-state index contributed by atoms with van der Waals surface area (Å²) in [5.41, 5.74) is 1.29. The number of methoxy groups -OCH3 is 1. The van der Waals surface area contributed by atoms with Gasteiger partial charge in [0.15, 0.2) is 11.4 Å². The number of carbonyl (C=O) groups is 1. The van der Waals surface area contributed by atoms with Crippen molar-refractivity contribution in [1.29, 1.82) is 0 Å². The minimum Gasteiger partial charge on any atom is -0.356 e. The van der Waals surface area contributed by atoms with Gasteiger partial charge in [0.1, 0.15) is 0 Å². The van der Waals surface area contributed by atoms with Gasteiger partial charge < -0.3 is 9.47 Å². The summed E-state index contributed by atoms with van der Waals surface area (Å²) in [4.78, 5) is 12.3. The Morgan fingerprint density at radius 1 is 1.33 bits per heavy atom. The number of rotatable bonds is 6. The van der Waals surface area contributed by atoms with Crippen LogP contribution in [0.3, 0.4) is 0 Å². The van der Waals surface area contributed by atoms with Crippen molar-refractivity contribution >= 4 is 16.9 Å². The lowest BCUT2D eigenvalue weighted by atomic mass is 9.91. The molecule has 0 aliphatic carbocycles. The third-order valence-corrected chi connectivity index (χ3v) is 4.78. The first-order valence-electron chi connectivity index (χ1n) is 7.63. The van der Waals surface area contributed by atoms with E-state index in [-0.39, 0.29) is 23.4 Å². The largest absolute Gasteiger partial charge is 0.356 e. The highest BCUT2D eigenvalue weighted by Gasteiger charge is 2.35. The van der Waals surface area contributed by atoms with Crippen LogP contribution in [0.25, 0.3) is 0 Å². The molecule has 0 amide bonds. The summed E-state index contributed by atoms with van der Waals surface area (Å²) >= 11 is 1.41. The summed E-state index contributed by atoms with van der Waals surface area (Å²) in [6.07, 6.45) is 3.27. The second-order valence-corrected chi connectivity index (χ2v) is 6.57. The van der Waals surface area contributed by atoms with E-state index in [1.54, 1.807) is 7.11 Å². The maximum atomic E-state index is 12.3. The predicted octanol–water partition coefficient (Wildman–Crippen LogP) is 3.67. The third kappa shape index (κ3) is 4.83. The smallest absolute Gasteiger partial charge is 0.194 e. The van der Waals surface area contributed by atoms with Crippen LogP contribution in [0.15, 0.2) is 30.3 Å². The molecule has 1 aliphatic rings. The molecule has 1 aromatic carbocycles. The van der Waals surface area contributed by atoms with Crippen LogP contribution in [-0.4, -0.2) is 30.4 Å². The van der Waals surface area contributed by atoms with Gasteiger partial charge in [-0.3, -0.25) is 4.79 Å². The molecule has 116 valence electrons. The fourth-order valence-electron chi connectivity index (χ4n) is 2.77. The average molecular weight is 308 g/mol. The molecule has 3 atom stereocenters. The molecule has 1 fully saturated rings. The molecule has 1 saturated heterocycles. The van der Waals surface area contributed by atoms with Crippen LogP contribution in [0.5, 0.6) is 0 Å². The van der Waals surface area contributed by atoms with Gasteiger partial charge in [-0.25, -0.2) is 0 Å². The Morgan fingerprint density at radius 3 is 2.76 bits per heavy atom. The molecule has 0 bridgehead atoms. The van der Waals surface area contributed by atoms with Gasteiger partial charge in [-0.2, -0.15) is 0 Å². The molecular weight excluding hydrogens is 284 g/mol. The van der Waals surface area contributed by atoms with Crippen LogP contribution < -0.4 is 0 Å². The quantitative estimate of drug-likeness (QED) is 0.803. The van der Waals surface area contributed by atoms with E-state index in [2.05, 4.69) is 12.1 Å². The molecule has 0 spiro atoms. The average Bonchev–Trinajstić information content (AvgIpc) is 2.53. The summed E-state index contributed by atoms with van der Waals surface area (Å²) < 4.78 is 11.3. The molecule has 3 nitrogen and oxygen atoms in total. The van der Waals surface area contributed by atoms with Gasteiger partial charge in [0.2, 0.25) is 0 Å². The van der Waals surface area contributed by atoms with Crippen LogP contribution >= 0.6 is 11.8 Å². The van der Waals surface area contributed by atoms with Gasteiger partial charge >= 0.3 is 0 Å². The highest BCUT2D eigenvalue weighted by Crippen LogP contribution is 2.32. The highest BCUT2D eigenvalue weighted by atomic mass is 32.2. The Bertz CT molecular complexity index is 435. The van der Waals surface area contributed by atoms with E-state index >= 15 is 0 Å². The van der Waals surface area contributed by atoms with E-state index in [1.807, 2.05) is 25.1 Å². The number of hydrogen-bond acceptors (Lipinski definition) is 4. The molecule has 21 heavy (non-hydrogen) atoms. The Labute approximate surface area is 131 Å². The van der Waals surface area contributed by atoms with Crippen molar-refractivity contribution in [2.45, 2.75) is 45.0 Å². The zero-order valence-corrected chi connectivity index (χ0v) is 13.6. The summed E-state index contributed by atoms with van der Waals surface area (Å²) in [7, 11) is 1.67. The van der Waals surface area contributed by atoms with Crippen molar-refractivity contribution in [2.24, 2.45) is 5.92 Å². The molecular formula is C17H24O3S. The van der Waals surface area contributed by atoms with Gasteiger partial charge in [0.05, 0.1) is 12.0 Å². The molecule has 4 heteroatoms. The minimum absolute atomic E-state index is 0.00469. The Balaban J connectivity index is 1.97. The predicted molar refractivity (Wildman–Crippen MR) is 86.3 cm³/mol. The SMILES string of the molecule is CCSC(=O)[C@@H]1CCC(OC)O[C@@H]1CCc1ccccc1. The zero-order chi connectivity index (χ0) is 15.1. The molecule has 0 radical (unpaired) electrons. The van der Waals surface area contributed by atoms with E-state index in [0.717, 1.165) is 31.4 Å². The molecule has 1 aliphatic heterocycles. The van der Waals surface area contributed by atoms with E-state index in [1.165, 1.54) is 17.3 Å². The van der Waals surface area contributed by atoms with Crippen LogP contribution in [0.4, 0.5) is 0 Å². The van der Waals surface area contributed by atoms with Crippen molar-refractivity contribution < 1.29 is 14.3 Å². The standard InChI is InChI=1S/C17H24O3S/c1-3-21-17(18)14-10-12-16(19-2)20-15(14)11-9-13-7-5-4-6-8-13/h4-8,14-16H,3,9-12H2,1-2H3/t14-,15-,16?/m1/s1. The number of carbonyl (C=O) groups excluding carboxylic acids is 1. The first-order chi connectivity index (χ1) is 10.2. The fourth-order valence-corrected chi connectivity index (χ4v) is 3.54. The van der Waals surface area contributed by atoms with Gasteiger partial charge in [-0.05, 0) is 37.0 Å². The van der Waals surface area contributed by atoms with Gasteiger partial charge in [-0.1, -0.05) is 49.0 Å². The number of aryl methyl sites for hydroxylation is 1. The molecule has 0 aromatic heterocycles.